The number of carboxylic acid groups (broad SMARTS) is 1. The second-order valence-corrected chi connectivity index (χ2v) is 3.70. The van der Waals surface area contributed by atoms with Crippen LogP contribution in [0.15, 0.2) is 12.2 Å². The Hall–Kier alpha value is 0.120. The first-order valence-corrected chi connectivity index (χ1v) is 4.65. The molecule has 0 spiro atoms. The Balaban J connectivity index is -0.0000000625. The maximum Gasteiger partial charge on any atom is 1.00 e. The Labute approximate surface area is 101 Å². The van der Waals surface area contributed by atoms with E-state index in [4.69, 9.17) is 9.66 Å². The number of carbonyl (C=O) groups is 1. The van der Waals surface area contributed by atoms with Crippen molar-refractivity contribution >= 4 is 16.1 Å². The molecule has 0 aromatic rings. The molecule has 0 unspecified atom stereocenters. The summed E-state index contributed by atoms with van der Waals surface area (Å²) in [5.41, 5.74) is 0.176. The summed E-state index contributed by atoms with van der Waals surface area (Å²) in [7, 11) is -3.66. The smallest absolute Gasteiger partial charge is 1.00 e. The van der Waals surface area contributed by atoms with Gasteiger partial charge in [0.15, 0.2) is 0 Å². The van der Waals surface area contributed by atoms with Gasteiger partial charge in [0.1, 0.15) is 0 Å². The maximum atomic E-state index is 9.60. The fourth-order valence-electron chi connectivity index (χ4n) is 0. The zero-order valence-electron chi connectivity index (χ0n) is 8.94. The van der Waals surface area contributed by atoms with Crippen LogP contribution < -0.4 is 29.6 Å². The number of hydrogen-bond acceptors (Lipinski definition) is 3. The van der Waals surface area contributed by atoms with Crippen LogP contribution in [0.5, 0.6) is 0 Å². The minimum absolute atomic E-state index is 0. The van der Waals surface area contributed by atoms with E-state index in [-0.39, 0.29) is 42.3 Å². The van der Waals surface area contributed by atoms with Gasteiger partial charge in [-0.2, -0.15) is 8.42 Å². The molecule has 74 valence electrons. The molecule has 5 nitrogen and oxygen atoms in total. The van der Waals surface area contributed by atoms with Crippen molar-refractivity contribution in [3.05, 3.63) is 12.2 Å². The second-order valence-electron chi connectivity index (χ2n) is 1.96. The van der Waals surface area contributed by atoms with Crippen LogP contribution in [-0.4, -0.2) is 29.8 Å². The van der Waals surface area contributed by atoms with Crippen molar-refractivity contribution in [2.75, 3.05) is 5.75 Å². The van der Waals surface area contributed by atoms with E-state index in [1.807, 2.05) is 0 Å². The first-order chi connectivity index (χ1) is 5.20. The summed E-state index contributed by atoms with van der Waals surface area (Å²) in [6.45, 7) is 5.97. The van der Waals surface area contributed by atoms with Gasteiger partial charge in [-0.05, 0) is 13.8 Å². The molecule has 0 saturated heterocycles. The van der Waals surface area contributed by atoms with E-state index >= 15 is 0 Å². The Bertz CT molecular complexity index is 249. The van der Waals surface area contributed by atoms with E-state index in [0.717, 1.165) is 0 Å². The monoisotopic (exact) mass is 220 g/mol. The fraction of sp³-hybridized carbons (Fsp3) is 0.500. The number of aliphatic carboxylic acids is 1. The Morgan fingerprint density at radius 1 is 1.54 bits per heavy atom. The summed E-state index contributed by atoms with van der Waals surface area (Å²) >= 11 is 0. The third-order valence-electron chi connectivity index (χ3n) is 0.730. The molecule has 0 aromatic heterocycles. The average Bonchev–Trinajstić information content (AvgIpc) is 1.87. The Morgan fingerprint density at radius 3 is 1.69 bits per heavy atom. The molecule has 0 aromatic carbocycles. The van der Waals surface area contributed by atoms with E-state index in [0.29, 0.717) is 0 Å². The summed E-state index contributed by atoms with van der Waals surface area (Å²) < 4.78 is 26.9. The first-order valence-electron chi connectivity index (χ1n) is 3.04. The predicted octanol–water partition coefficient (Wildman–Crippen LogP) is -2.34. The Morgan fingerprint density at radius 2 is 1.69 bits per heavy atom. The van der Waals surface area contributed by atoms with E-state index in [1.165, 1.54) is 13.8 Å². The molecule has 0 saturated carbocycles. The molecular weight excluding hydrogens is 207 g/mol. The van der Waals surface area contributed by atoms with Crippen molar-refractivity contribution in [3.63, 3.8) is 0 Å². The molecule has 0 atom stereocenters. The minimum Gasteiger partial charge on any atom is -1.00 e. The maximum absolute atomic E-state index is 9.60. The number of rotatable bonds is 2. The van der Waals surface area contributed by atoms with Crippen LogP contribution in [0, 0.1) is 0 Å². The van der Waals surface area contributed by atoms with Gasteiger partial charge in [0, 0.05) is 5.57 Å². The van der Waals surface area contributed by atoms with Gasteiger partial charge in [-0.3, -0.25) is 4.55 Å². The second kappa shape index (κ2) is 8.71. The van der Waals surface area contributed by atoms with Gasteiger partial charge >= 0.3 is 35.5 Å². The van der Waals surface area contributed by atoms with Crippen molar-refractivity contribution in [3.8, 4) is 0 Å². The molecule has 2 N–H and O–H groups in total. The zero-order chi connectivity index (χ0) is 10.4. The molecular formula is C6H13NaO5S. The molecule has 0 aliphatic heterocycles. The molecule has 0 aliphatic carbocycles. The van der Waals surface area contributed by atoms with Gasteiger partial charge in [0.05, 0.1) is 5.75 Å². The quantitative estimate of drug-likeness (QED) is 0.309. The van der Waals surface area contributed by atoms with Crippen LogP contribution >= 0.6 is 0 Å². The Kier molecular flexibility index (Phi) is 12.6. The molecule has 0 bridgehead atoms. The molecule has 7 heteroatoms. The normalized spacial score (nSPS) is 8.85. The van der Waals surface area contributed by atoms with Crippen molar-refractivity contribution in [2.45, 2.75) is 13.8 Å². The van der Waals surface area contributed by atoms with Gasteiger partial charge in [-0.1, -0.05) is 6.58 Å². The van der Waals surface area contributed by atoms with Crippen LogP contribution in [0.4, 0.5) is 0 Å². The van der Waals surface area contributed by atoms with Crippen molar-refractivity contribution in [2.24, 2.45) is 0 Å². The standard InChI is InChI=1S/C4H6O2.C2H6O3S.Na.H/c1-3(2)4(5)6;1-2-6(3,4)5;;/h1H2,2H3,(H,5,6);2H2,1H3,(H,3,4,5);;/q;;+1;-1. The summed E-state index contributed by atoms with van der Waals surface area (Å²) in [5.74, 6) is -1.14. The van der Waals surface area contributed by atoms with Crippen LogP contribution in [0.25, 0.3) is 0 Å². The van der Waals surface area contributed by atoms with Gasteiger partial charge in [0.2, 0.25) is 0 Å². The van der Waals surface area contributed by atoms with Gasteiger partial charge < -0.3 is 6.53 Å². The van der Waals surface area contributed by atoms with Crippen LogP contribution in [-0.2, 0) is 14.9 Å². The minimum atomic E-state index is -3.66. The third-order valence-corrected chi connectivity index (χ3v) is 1.46. The summed E-state index contributed by atoms with van der Waals surface area (Å²) in [6, 6.07) is 0. The fourth-order valence-corrected chi connectivity index (χ4v) is 0. The largest absolute Gasteiger partial charge is 1.00 e. The predicted molar refractivity (Wildman–Crippen MR) is 45.7 cm³/mol. The van der Waals surface area contributed by atoms with E-state index in [2.05, 4.69) is 6.58 Å². The average molecular weight is 220 g/mol. The van der Waals surface area contributed by atoms with Crippen molar-refractivity contribution < 1.29 is 53.9 Å². The van der Waals surface area contributed by atoms with E-state index in [1.54, 1.807) is 0 Å². The molecule has 0 fully saturated rings. The topological polar surface area (TPSA) is 91.7 Å². The van der Waals surface area contributed by atoms with Crippen LogP contribution in [0.2, 0.25) is 0 Å². The number of hydrogen-bond donors (Lipinski definition) is 2. The molecule has 0 amide bonds. The van der Waals surface area contributed by atoms with Crippen LogP contribution in [0.3, 0.4) is 0 Å². The van der Waals surface area contributed by atoms with Crippen LogP contribution in [0.1, 0.15) is 15.3 Å². The third kappa shape index (κ3) is 24.5. The zero-order valence-corrected chi connectivity index (χ0v) is 10.8. The molecule has 0 heterocycles. The van der Waals surface area contributed by atoms with E-state index < -0.39 is 16.1 Å². The summed E-state index contributed by atoms with van der Waals surface area (Å²) in [5, 5.41) is 7.89. The summed E-state index contributed by atoms with van der Waals surface area (Å²) in [6.07, 6.45) is 0. The number of carboxylic acids is 1. The molecule has 0 radical (unpaired) electrons. The molecule has 0 aliphatic rings. The van der Waals surface area contributed by atoms with Crippen molar-refractivity contribution in [1.82, 2.24) is 0 Å². The van der Waals surface area contributed by atoms with E-state index in [9.17, 15) is 13.2 Å². The first kappa shape index (κ1) is 18.8. The summed E-state index contributed by atoms with van der Waals surface area (Å²) in [4.78, 5) is 9.60. The van der Waals surface area contributed by atoms with Gasteiger partial charge in [0.25, 0.3) is 10.1 Å². The van der Waals surface area contributed by atoms with Gasteiger partial charge in [-0.15, -0.1) is 0 Å². The molecule has 0 rings (SSSR count). The molecule has 13 heavy (non-hydrogen) atoms. The SMILES string of the molecule is C=C(C)C(=O)O.CCS(=O)(=O)O.[H-].[Na+]. The van der Waals surface area contributed by atoms with Gasteiger partial charge in [-0.25, -0.2) is 4.79 Å². The van der Waals surface area contributed by atoms with Crippen molar-refractivity contribution in [1.29, 1.82) is 0 Å².